The van der Waals surface area contributed by atoms with Gasteiger partial charge in [-0.05, 0) is 23.6 Å². The van der Waals surface area contributed by atoms with Crippen molar-refractivity contribution in [2.75, 3.05) is 18.8 Å². The number of alkyl halides is 3. The van der Waals surface area contributed by atoms with Crippen molar-refractivity contribution in [2.45, 2.75) is 19.1 Å². The summed E-state index contributed by atoms with van der Waals surface area (Å²) in [6, 6.07) is 2.88. The van der Waals surface area contributed by atoms with Crippen molar-refractivity contribution in [1.29, 1.82) is 0 Å². The number of hydrogen-bond donors (Lipinski definition) is 2. The zero-order valence-corrected chi connectivity index (χ0v) is 10.00. The molecule has 7 heteroatoms. The van der Waals surface area contributed by atoms with Gasteiger partial charge in [-0.15, -0.1) is 0 Å². The van der Waals surface area contributed by atoms with Crippen LogP contribution in [-0.2, 0) is 13.0 Å². The van der Waals surface area contributed by atoms with E-state index in [1.54, 1.807) is 0 Å². The molecule has 0 unspecified atom stereocenters. The summed E-state index contributed by atoms with van der Waals surface area (Å²) in [4.78, 5) is 12.2. The van der Waals surface area contributed by atoms with Crippen LogP contribution in [0.15, 0.2) is 12.1 Å². The maximum Gasteiger partial charge on any atom is 0.401 e. The summed E-state index contributed by atoms with van der Waals surface area (Å²) in [5, 5.41) is 8.93. The molecule has 0 radical (unpaired) electrons. The molecule has 1 heterocycles. The summed E-state index contributed by atoms with van der Waals surface area (Å²) in [6.07, 6.45) is -3.90. The van der Waals surface area contributed by atoms with E-state index in [1.165, 1.54) is 17.0 Å². The van der Waals surface area contributed by atoms with Crippen LogP contribution < -0.4 is 5.73 Å². The van der Waals surface area contributed by atoms with Crippen LogP contribution in [0.5, 0.6) is 0 Å². The van der Waals surface area contributed by atoms with Crippen LogP contribution in [0, 0.1) is 0 Å². The van der Waals surface area contributed by atoms with Crippen LogP contribution in [0.4, 0.5) is 18.9 Å². The van der Waals surface area contributed by atoms with Gasteiger partial charge in [-0.25, -0.2) is 4.79 Å². The fraction of sp³-hybridized carbons (Fsp3) is 0.417. The van der Waals surface area contributed by atoms with Gasteiger partial charge in [-0.1, -0.05) is 6.07 Å². The molecule has 2 rings (SSSR count). The number of halogens is 3. The number of anilines is 1. The van der Waals surface area contributed by atoms with E-state index < -0.39 is 18.7 Å². The Morgan fingerprint density at radius 2 is 2.11 bits per heavy atom. The Morgan fingerprint density at radius 1 is 1.42 bits per heavy atom. The van der Waals surface area contributed by atoms with E-state index in [2.05, 4.69) is 0 Å². The highest BCUT2D eigenvalue weighted by Crippen LogP contribution is 2.29. The number of nitrogens with two attached hydrogens (primary N) is 1. The summed E-state index contributed by atoms with van der Waals surface area (Å²) in [6.45, 7) is -0.605. The summed E-state index contributed by atoms with van der Waals surface area (Å²) in [7, 11) is 0. The first-order chi connectivity index (χ1) is 8.78. The van der Waals surface area contributed by atoms with Gasteiger partial charge in [-0.3, -0.25) is 4.90 Å². The lowest BCUT2D eigenvalue weighted by atomic mass is 9.95. The second kappa shape index (κ2) is 4.73. The van der Waals surface area contributed by atoms with E-state index in [9.17, 15) is 18.0 Å². The quantitative estimate of drug-likeness (QED) is 0.808. The van der Waals surface area contributed by atoms with Crippen LogP contribution in [0.25, 0.3) is 0 Å². The highest BCUT2D eigenvalue weighted by molar-refractivity contribution is 5.94. The average molecular weight is 274 g/mol. The number of nitrogen functional groups attached to an aromatic ring is 1. The molecule has 1 aliphatic heterocycles. The number of benzene rings is 1. The van der Waals surface area contributed by atoms with Crippen LogP contribution in [-0.4, -0.2) is 35.2 Å². The topological polar surface area (TPSA) is 66.6 Å². The second-order valence-electron chi connectivity index (χ2n) is 4.55. The highest BCUT2D eigenvalue weighted by Gasteiger charge is 2.32. The zero-order chi connectivity index (χ0) is 14.2. The molecule has 0 saturated carbocycles. The van der Waals surface area contributed by atoms with E-state index >= 15 is 0 Å². The molecule has 0 bridgehead atoms. The van der Waals surface area contributed by atoms with Crippen molar-refractivity contribution in [1.82, 2.24) is 4.90 Å². The van der Waals surface area contributed by atoms with Gasteiger partial charge < -0.3 is 10.8 Å². The van der Waals surface area contributed by atoms with Gasteiger partial charge in [0, 0.05) is 18.8 Å². The van der Waals surface area contributed by atoms with Crippen molar-refractivity contribution in [3.63, 3.8) is 0 Å². The second-order valence-corrected chi connectivity index (χ2v) is 4.55. The Bertz CT molecular complexity index is 514. The van der Waals surface area contributed by atoms with Crippen molar-refractivity contribution >= 4 is 11.7 Å². The van der Waals surface area contributed by atoms with E-state index in [-0.39, 0.29) is 24.3 Å². The maximum absolute atomic E-state index is 12.3. The molecule has 4 nitrogen and oxygen atoms in total. The lowest BCUT2D eigenvalue weighted by molar-refractivity contribution is -0.147. The van der Waals surface area contributed by atoms with E-state index in [0.717, 1.165) is 0 Å². The number of nitrogens with zero attached hydrogens (tertiary/aromatic N) is 1. The molecular formula is C12H13F3N2O2. The van der Waals surface area contributed by atoms with Crippen LogP contribution in [0.1, 0.15) is 21.5 Å². The summed E-state index contributed by atoms with van der Waals surface area (Å²) >= 11 is 0. The molecule has 19 heavy (non-hydrogen) atoms. The molecule has 1 aliphatic rings. The molecule has 0 atom stereocenters. The fourth-order valence-electron chi connectivity index (χ4n) is 2.32. The molecule has 104 valence electrons. The first-order valence-electron chi connectivity index (χ1n) is 5.70. The minimum Gasteiger partial charge on any atom is -0.478 e. The molecule has 0 fully saturated rings. The van der Waals surface area contributed by atoms with Gasteiger partial charge in [0.25, 0.3) is 0 Å². The van der Waals surface area contributed by atoms with Crippen LogP contribution >= 0.6 is 0 Å². The van der Waals surface area contributed by atoms with Gasteiger partial charge in [-0.2, -0.15) is 13.2 Å². The van der Waals surface area contributed by atoms with Gasteiger partial charge in [0.1, 0.15) is 0 Å². The minimum atomic E-state index is -4.23. The smallest absolute Gasteiger partial charge is 0.401 e. The number of rotatable bonds is 2. The van der Waals surface area contributed by atoms with Gasteiger partial charge >= 0.3 is 12.1 Å². The maximum atomic E-state index is 12.3. The zero-order valence-electron chi connectivity index (χ0n) is 10.00. The Morgan fingerprint density at radius 3 is 2.68 bits per heavy atom. The predicted octanol–water partition coefficient (Wildman–Crippen LogP) is 1.89. The molecule has 0 aliphatic carbocycles. The molecule has 1 aromatic carbocycles. The lowest BCUT2D eigenvalue weighted by Crippen LogP contribution is -2.38. The van der Waals surface area contributed by atoms with Crippen molar-refractivity contribution in [3.8, 4) is 0 Å². The molecule has 0 aromatic heterocycles. The van der Waals surface area contributed by atoms with Gasteiger partial charge in [0.05, 0.1) is 12.1 Å². The molecule has 3 N–H and O–H groups in total. The first kappa shape index (κ1) is 13.7. The number of carboxylic acids is 1. The molecule has 1 aromatic rings. The third kappa shape index (κ3) is 2.98. The van der Waals surface area contributed by atoms with Crippen molar-refractivity contribution < 1.29 is 23.1 Å². The lowest BCUT2D eigenvalue weighted by Gasteiger charge is -2.30. The summed E-state index contributed by atoms with van der Waals surface area (Å²) in [5.41, 5.74) is 7.24. The molecule has 0 spiro atoms. The van der Waals surface area contributed by atoms with E-state index in [1.807, 2.05) is 0 Å². The SMILES string of the molecule is Nc1c(C(=O)O)ccc2c1CCN(CC(F)(F)F)C2. The average Bonchev–Trinajstić information content (AvgIpc) is 2.26. The number of aromatic carboxylic acids is 1. The van der Waals surface area contributed by atoms with Gasteiger partial charge in [0.2, 0.25) is 0 Å². The summed E-state index contributed by atoms with van der Waals surface area (Å²) < 4.78 is 37.0. The molecule has 0 saturated heterocycles. The molecule has 0 amide bonds. The van der Waals surface area contributed by atoms with Gasteiger partial charge in [0.15, 0.2) is 0 Å². The normalized spacial score (nSPS) is 16.2. The predicted molar refractivity (Wildman–Crippen MR) is 62.8 cm³/mol. The van der Waals surface area contributed by atoms with Crippen LogP contribution in [0.2, 0.25) is 0 Å². The monoisotopic (exact) mass is 274 g/mol. The molecular weight excluding hydrogens is 261 g/mol. The number of carboxylic acid groups (broad SMARTS) is 1. The van der Waals surface area contributed by atoms with Crippen molar-refractivity contribution in [3.05, 3.63) is 28.8 Å². The Balaban J connectivity index is 2.24. The number of fused-ring (bicyclic) bond motifs is 1. The van der Waals surface area contributed by atoms with E-state index in [4.69, 9.17) is 10.8 Å². The van der Waals surface area contributed by atoms with E-state index in [0.29, 0.717) is 17.5 Å². The Labute approximate surface area is 107 Å². The standard InChI is InChI=1S/C12H13F3N2O2/c13-12(14,15)6-17-4-3-8-7(5-17)1-2-9(10(8)16)11(18)19/h1-2H,3-6,16H2,(H,18,19). The minimum absolute atomic E-state index is 0.00280. The highest BCUT2D eigenvalue weighted by atomic mass is 19.4. The third-order valence-corrected chi connectivity index (χ3v) is 3.16. The number of carbonyl (C=O) groups is 1. The first-order valence-corrected chi connectivity index (χ1v) is 5.70. The Kier molecular flexibility index (Phi) is 3.40. The van der Waals surface area contributed by atoms with Crippen molar-refractivity contribution in [2.24, 2.45) is 0 Å². The summed E-state index contributed by atoms with van der Waals surface area (Å²) in [5.74, 6) is -1.13. The fourth-order valence-corrected chi connectivity index (χ4v) is 2.32. The number of hydrogen-bond acceptors (Lipinski definition) is 3. The largest absolute Gasteiger partial charge is 0.478 e. The van der Waals surface area contributed by atoms with Crippen LogP contribution in [0.3, 0.4) is 0 Å². The third-order valence-electron chi connectivity index (χ3n) is 3.16. The Hall–Kier alpha value is -1.76.